The van der Waals surface area contributed by atoms with E-state index in [-0.39, 0.29) is 23.8 Å². The number of hydrogen-bond acceptors (Lipinski definition) is 8. The molecule has 2 aromatic heterocycles. The summed E-state index contributed by atoms with van der Waals surface area (Å²) in [5, 5.41) is 32.7. The first-order chi connectivity index (χ1) is 36.6. The van der Waals surface area contributed by atoms with Crippen LogP contribution in [-0.2, 0) is 20.9 Å². The highest BCUT2D eigenvalue weighted by Crippen LogP contribution is 2.47. The molecule has 0 spiro atoms. The van der Waals surface area contributed by atoms with Gasteiger partial charge in [0, 0.05) is 48.8 Å². The highest BCUT2D eigenvalue weighted by molar-refractivity contribution is 6.03. The molecule has 8 rings (SSSR count). The molecule has 11 nitrogen and oxygen atoms in total. The summed E-state index contributed by atoms with van der Waals surface area (Å²) in [5.41, 5.74) is 5.82. The van der Waals surface area contributed by atoms with Gasteiger partial charge in [0.1, 0.15) is 17.5 Å². The lowest BCUT2D eigenvalue weighted by Crippen LogP contribution is -2.55. The molecular formula is C62H66F2N6O5. The molecule has 6 atom stereocenters. The van der Waals surface area contributed by atoms with Crippen LogP contribution in [0, 0.1) is 17.6 Å². The summed E-state index contributed by atoms with van der Waals surface area (Å²) in [6.45, 7) is 0.331. The number of para-hydroxylation sites is 1. The summed E-state index contributed by atoms with van der Waals surface area (Å²) in [6.07, 6.45) is 10.7. The minimum absolute atomic E-state index is 0.0292. The molecule has 0 bridgehead atoms. The largest absolute Gasteiger partial charge is 0.388 e. The molecular weight excluding hydrogens is 947 g/mol. The van der Waals surface area contributed by atoms with Crippen molar-refractivity contribution in [3.8, 4) is 0 Å². The third-order valence-electron chi connectivity index (χ3n) is 14.1. The second-order valence-corrected chi connectivity index (χ2v) is 19.3. The van der Waals surface area contributed by atoms with Gasteiger partial charge in [-0.2, -0.15) is 0 Å². The molecule has 1 aliphatic heterocycles. The van der Waals surface area contributed by atoms with E-state index in [1.165, 1.54) is 24.3 Å². The van der Waals surface area contributed by atoms with E-state index in [0.717, 1.165) is 73.6 Å². The number of aromatic nitrogens is 2. The number of pyridine rings is 2. The number of carbonyl (C=O) groups excluding carboxylic acids is 3. The number of benzene rings is 5. The number of carbonyl (C=O) groups is 3. The quantitative estimate of drug-likeness (QED) is 0.0252. The van der Waals surface area contributed by atoms with Gasteiger partial charge in [0.25, 0.3) is 0 Å². The zero-order valence-electron chi connectivity index (χ0n) is 42.1. The first kappa shape index (κ1) is 53.7. The number of unbranched alkanes of at least 4 members (excludes halogenated alkanes) is 7. The lowest BCUT2D eigenvalue weighted by atomic mass is 9.78. The molecule has 3 heterocycles. The molecule has 7 aromatic rings. The molecule has 13 heteroatoms. The Bertz CT molecular complexity index is 2900. The van der Waals surface area contributed by atoms with Crippen molar-refractivity contribution in [2.75, 3.05) is 15.5 Å². The van der Waals surface area contributed by atoms with Crippen LogP contribution in [0.4, 0.5) is 26.0 Å². The van der Waals surface area contributed by atoms with E-state index in [1.54, 1.807) is 41.6 Å². The fourth-order valence-corrected chi connectivity index (χ4v) is 10.1. The first-order valence-corrected chi connectivity index (χ1v) is 26.2. The molecule has 0 aliphatic carbocycles. The van der Waals surface area contributed by atoms with Gasteiger partial charge < -0.3 is 31.1 Å². The Morgan fingerprint density at radius 2 is 1.25 bits per heavy atom. The van der Waals surface area contributed by atoms with Gasteiger partial charge in [-0.25, -0.2) is 13.8 Å². The molecule has 3 amide bonds. The molecule has 1 fully saturated rings. The van der Waals surface area contributed by atoms with Crippen molar-refractivity contribution >= 4 is 34.9 Å². The molecule has 5 aromatic carbocycles. The molecule has 75 heavy (non-hydrogen) atoms. The lowest BCUT2D eigenvalue weighted by Gasteiger charge is -2.48. The Labute approximate surface area is 438 Å². The number of aliphatic hydroxyl groups is 2. The van der Waals surface area contributed by atoms with Crippen molar-refractivity contribution in [1.29, 1.82) is 0 Å². The van der Waals surface area contributed by atoms with Crippen molar-refractivity contribution < 1.29 is 33.4 Å². The molecule has 1 saturated heterocycles. The Balaban J connectivity index is 0.760. The van der Waals surface area contributed by atoms with E-state index in [4.69, 9.17) is 4.98 Å². The minimum atomic E-state index is -0.934. The number of halogens is 2. The van der Waals surface area contributed by atoms with Gasteiger partial charge in [0.15, 0.2) is 0 Å². The number of β-lactam (4-membered cyclic amide) rings is 1. The maximum Gasteiger partial charge on any atom is 0.233 e. The Morgan fingerprint density at radius 1 is 0.627 bits per heavy atom. The highest BCUT2D eigenvalue weighted by atomic mass is 19.1. The Kier molecular flexibility index (Phi) is 19.4. The number of anilines is 3. The van der Waals surface area contributed by atoms with Crippen LogP contribution in [0.25, 0.3) is 0 Å². The molecule has 5 N–H and O–H groups in total. The zero-order valence-corrected chi connectivity index (χ0v) is 42.1. The maximum absolute atomic E-state index is 13.9. The van der Waals surface area contributed by atoms with Crippen molar-refractivity contribution in [3.63, 3.8) is 0 Å². The van der Waals surface area contributed by atoms with Crippen LogP contribution in [0.5, 0.6) is 0 Å². The van der Waals surface area contributed by atoms with Crippen molar-refractivity contribution in [1.82, 2.24) is 15.3 Å². The average molecular weight is 1010 g/mol. The first-order valence-electron chi connectivity index (χ1n) is 26.2. The molecule has 388 valence electrons. The second kappa shape index (κ2) is 27.1. The summed E-state index contributed by atoms with van der Waals surface area (Å²) in [7, 11) is 0. The third kappa shape index (κ3) is 14.8. The molecule has 0 saturated carbocycles. The molecule has 1 aliphatic rings. The van der Waals surface area contributed by atoms with E-state index >= 15 is 0 Å². The number of rotatable bonds is 27. The van der Waals surface area contributed by atoms with E-state index < -0.39 is 41.7 Å². The fraction of sp³-hybridized carbons (Fsp3) is 0.306. The standard InChI is InChI=1S/C62H66F2N6O5/c63-47-31-29-44(30-32-47)54(71)38-37-51-60(70(62(51)75)49-35-33-48(64)34-36-49)46-22-18-19-43(41-46)42-67-56(72)27-10-5-3-1-2-4-6-11-28-57(73)68-52-24-13-12-23-50(52)59(69-55-26-15-17-40-66-55)58(53-25-14-16-39-65-53)61(74)45-20-8-7-9-21-45/h7-9,12-26,29-36,39-41,51,54,58-61,71,74H,1-6,10-11,27-28,37-38,42H2,(H,66,69)(H,67,72)(H,68,73). The number of nitrogens with one attached hydrogen (secondary N) is 3. The average Bonchev–Trinajstić information content (AvgIpc) is 3.43. The van der Waals surface area contributed by atoms with Crippen molar-refractivity contribution in [2.24, 2.45) is 5.92 Å². The fourth-order valence-electron chi connectivity index (χ4n) is 10.1. The smallest absolute Gasteiger partial charge is 0.233 e. The highest BCUT2D eigenvalue weighted by Gasteiger charge is 2.48. The van der Waals surface area contributed by atoms with E-state index in [1.807, 2.05) is 115 Å². The number of aliphatic hydroxyl groups excluding tert-OH is 2. The van der Waals surface area contributed by atoms with Gasteiger partial charge in [0.2, 0.25) is 17.7 Å². The van der Waals surface area contributed by atoms with E-state index in [0.29, 0.717) is 60.7 Å². The van der Waals surface area contributed by atoms with E-state index in [2.05, 4.69) is 20.9 Å². The number of hydrogen-bond donors (Lipinski definition) is 5. The van der Waals surface area contributed by atoms with Gasteiger partial charge in [-0.15, -0.1) is 0 Å². The predicted octanol–water partition coefficient (Wildman–Crippen LogP) is 12.8. The topological polar surface area (TPSA) is 157 Å². The summed E-state index contributed by atoms with van der Waals surface area (Å²) in [4.78, 5) is 50.9. The normalized spacial score (nSPS) is 15.8. The molecule has 6 unspecified atom stereocenters. The Hall–Kier alpha value is -7.61. The van der Waals surface area contributed by atoms with Crippen LogP contribution in [0.3, 0.4) is 0 Å². The van der Waals surface area contributed by atoms with Crippen LogP contribution >= 0.6 is 0 Å². The summed E-state index contributed by atoms with van der Waals surface area (Å²) >= 11 is 0. The SMILES string of the molecule is O=C(CCCCCCCCCCC(=O)Nc1ccccc1C(Nc1ccccn1)C(c1ccccn1)C(O)c1ccccc1)NCc1cccc(C2C(CCC(O)c3ccc(F)cc3)C(=O)N2c2ccc(F)cc2)c1. The monoisotopic (exact) mass is 1010 g/mol. The minimum Gasteiger partial charge on any atom is -0.388 e. The summed E-state index contributed by atoms with van der Waals surface area (Å²) in [5.74, 6) is -1.38. The van der Waals surface area contributed by atoms with Crippen LogP contribution in [0.15, 0.2) is 176 Å². The van der Waals surface area contributed by atoms with Crippen molar-refractivity contribution in [3.05, 3.63) is 221 Å². The van der Waals surface area contributed by atoms with E-state index in [9.17, 15) is 33.4 Å². The van der Waals surface area contributed by atoms with Gasteiger partial charge in [-0.05, 0) is 120 Å². The van der Waals surface area contributed by atoms with Gasteiger partial charge >= 0.3 is 0 Å². The maximum atomic E-state index is 13.9. The number of amides is 3. The van der Waals surface area contributed by atoms with Gasteiger partial charge in [0.05, 0.1) is 36.1 Å². The van der Waals surface area contributed by atoms with Gasteiger partial charge in [-0.3, -0.25) is 19.4 Å². The van der Waals surface area contributed by atoms with Crippen LogP contribution in [0.2, 0.25) is 0 Å². The Morgan fingerprint density at radius 3 is 1.93 bits per heavy atom. The van der Waals surface area contributed by atoms with Crippen LogP contribution in [-0.4, -0.2) is 37.9 Å². The summed E-state index contributed by atoms with van der Waals surface area (Å²) < 4.78 is 27.4. The zero-order chi connectivity index (χ0) is 52.4. The second-order valence-electron chi connectivity index (χ2n) is 19.3. The third-order valence-corrected chi connectivity index (χ3v) is 14.1. The molecule has 0 radical (unpaired) electrons. The summed E-state index contributed by atoms with van der Waals surface area (Å²) in [6, 6.07) is 46.9. The van der Waals surface area contributed by atoms with Crippen LogP contribution < -0.4 is 20.9 Å². The van der Waals surface area contributed by atoms with Crippen LogP contribution in [0.1, 0.15) is 141 Å². The lowest BCUT2D eigenvalue weighted by molar-refractivity contribution is -0.131. The number of nitrogens with zero attached hydrogens (tertiary/aromatic N) is 3. The predicted molar refractivity (Wildman–Crippen MR) is 289 cm³/mol. The van der Waals surface area contributed by atoms with Crippen molar-refractivity contribution in [2.45, 2.75) is 114 Å². The van der Waals surface area contributed by atoms with Gasteiger partial charge in [-0.1, -0.05) is 136 Å².